The number of fused-ring (bicyclic) bond motifs is 1. The van der Waals surface area contributed by atoms with Crippen molar-refractivity contribution in [3.05, 3.63) is 30.0 Å². The van der Waals surface area contributed by atoms with Crippen molar-refractivity contribution in [2.45, 2.75) is 12.8 Å². The van der Waals surface area contributed by atoms with Crippen molar-refractivity contribution < 1.29 is 23.6 Å². The average molecular weight is 329 g/mol. The number of carbonyl (C=O) groups excluding carboxylic acids is 2. The van der Waals surface area contributed by atoms with Gasteiger partial charge in [-0.05, 0) is 25.0 Å². The first-order valence-electron chi connectivity index (χ1n) is 8.49. The number of ether oxygens (including phenoxy) is 1. The van der Waals surface area contributed by atoms with Crippen LogP contribution in [0.1, 0.15) is 23.4 Å². The predicted molar refractivity (Wildman–Crippen MR) is 88.3 cm³/mol. The van der Waals surface area contributed by atoms with Crippen LogP contribution in [0.4, 0.5) is 5.69 Å². The van der Waals surface area contributed by atoms with E-state index >= 15 is 0 Å². The van der Waals surface area contributed by atoms with Crippen LogP contribution in [-0.4, -0.2) is 44.5 Å². The summed E-state index contributed by atoms with van der Waals surface area (Å²) in [7, 11) is 0. The highest BCUT2D eigenvalue weighted by molar-refractivity contribution is 6.12. The van der Waals surface area contributed by atoms with Crippen molar-refractivity contribution in [3.63, 3.8) is 0 Å². The highest BCUT2D eigenvalue weighted by Gasteiger charge is 2.35. The molecule has 2 fully saturated rings. The smallest absolute Gasteiger partial charge is 0.279 e. The topological polar surface area (TPSA) is 73.0 Å². The van der Waals surface area contributed by atoms with E-state index in [2.05, 4.69) is 5.32 Å². The maximum atomic E-state index is 12.5. The molecular weight excluding hydrogens is 308 g/mol. The maximum absolute atomic E-state index is 12.5. The zero-order chi connectivity index (χ0) is 16.5. The summed E-state index contributed by atoms with van der Waals surface area (Å²) in [5.74, 6) is 0.249. The molecule has 6 nitrogen and oxygen atoms in total. The summed E-state index contributed by atoms with van der Waals surface area (Å²) in [5, 5.41) is 3.71. The molecule has 1 saturated carbocycles. The first-order chi connectivity index (χ1) is 11.7. The van der Waals surface area contributed by atoms with Crippen molar-refractivity contribution in [2.24, 2.45) is 5.92 Å². The summed E-state index contributed by atoms with van der Waals surface area (Å²) in [4.78, 5) is 26.2. The minimum atomic E-state index is -0.0942. The van der Waals surface area contributed by atoms with Crippen molar-refractivity contribution in [2.75, 3.05) is 38.2 Å². The van der Waals surface area contributed by atoms with E-state index in [-0.39, 0.29) is 17.6 Å². The van der Waals surface area contributed by atoms with Gasteiger partial charge in [0.05, 0.1) is 18.9 Å². The molecule has 0 atom stereocenters. The molecule has 2 aromatic rings. The van der Waals surface area contributed by atoms with Crippen molar-refractivity contribution in [3.8, 4) is 0 Å². The highest BCUT2D eigenvalue weighted by atomic mass is 16.5. The van der Waals surface area contributed by atoms with E-state index in [1.165, 1.54) is 4.90 Å². The first-order valence-corrected chi connectivity index (χ1v) is 8.49. The Bertz CT molecular complexity index is 772. The van der Waals surface area contributed by atoms with Crippen molar-refractivity contribution in [1.29, 1.82) is 0 Å². The average Bonchev–Trinajstić information content (AvgIpc) is 3.38. The number of nitrogens with one attached hydrogen (secondary N) is 2. The largest absolute Gasteiger partial charge is 0.451 e. The molecule has 4 rings (SSSR count). The van der Waals surface area contributed by atoms with Crippen LogP contribution in [-0.2, 0) is 9.53 Å². The van der Waals surface area contributed by atoms with Crippen LogP contribution in [0.25, 0.3) is 11.0 Å². The number of hydrogen-bond donors (Lipinski definition) is 2. The van der Waals surface area contributed by atoms with Gasteiger partial charge >= 0.3 is 0 Å². The molecule has 0 unspecified atom stereocenters. The molecule has 1 aromatic carbocycles. The Labute approximate surface area is 139 Å². The van der Waals surface area contributed by atoms with E-state index in [9.17, 15) is 9.59 Å². The molecule has 2 N–H and O–H groups in total. The van der Waals surface area contributed by atoms with Gasteiger partial charge in [-0.25, -0.2) is 0 Å². The first kappa shape index (κ1) is 15.4. The van der Waals surface area contributed by atoms with E-state index in [4.69, 9.17) is 9.15 Å². The minimum Gasteiger partial charge on any atom is -0.451 e. The van der Waals surface area contributed by atoms with E-state index in [1.807, 2.05) is 24.3 Å². The summed E-state index contributed by atoms with van der Waals surface area (Å²) < 4.78 is 11.1. The summed E-state index contributed by atoms with van der Waals surface area (Å²) in [5.41, 5.74) is 1.16. The lowest BCUT2D eigenvalue weighted by molar-refractivity contribution is -0.899. The number of Topliss-reactive ketones (excluding diaryl/α,β-unsaturated/α-hetero) is 1. The van der Waals surface area contributed by atoms with Gasteiger partial charge in [0.2, 0.25) is 5.78 Å². The van der Waals surface area contributed by atoms with Crippen LogP contribution in [0.3, 0.4) is 0 Å². The second-order valence-corrected chi connectivity index (χ2v) is 6.53. The van der Waals surface area contributed by atoms with Crippen LogP contribution in [0.2, 0.25) is 0 Å². The Balaban J connectivity index is 1.58. The zero-order valence-electron chi connectivity index (χ0n) is 13.5. The predicted octanol–water partition coefficient (Wildman–Crippen LogP) is 0.879. The number of hydrogen-bond acceptors (Lipinski definition) is 4. The van der Waals surface area contributed by atoms with Crippen LogP contribution < -0.4 is 10.2 Å². The molecule has 6 heteroatoms. The second-order valence-electron chi connectivity index (χ2n) is 6.53. The number of amides is 1. The molecule has 1 saturated heterocycles. The summed E-state index contributed by atoms with van der Waals surface area (Å²) in [6.07, 6.45) is 1.81. The summed E-state index contributed by atoms with van der Waals surface area (Å²) in [6.45, 7) is 3.39. The number of rotatable bonds is 5. The highest BCUT2D eigenvalue weighted by Crippen LogP contribution is 2.38. The number of quaternary nitrogens is 1. The van der Waals surface area contributed by atoms with Gasteiger partial charge in [-0.1, -0.05) is 12.1 Å². The fourth-order valence-corrected chi connectivity index (χ4v) is 3.12. The quantitative estimate of drug-likeness (QED) is 0.799. The molecule has 2 heterocycles. The molecule has 2 aliphatic rings. The van der Waals surface area contributed by atoms with E-state index < -0.39 is 0 Å². The molecule has 126 valence electrons. The Morgan fingerprint density at radius 3 is 2.67 bits per heavy atom. The third-order valence-electron chi connectivity index (χ3n) is 4.64. The Kier molecular flexibility index (Phi) is 4.08. The van der Waals surface area contributed by atoms with Gasteiger partial charge in [-0.15, -0.1) is 0 Å². The second kappa shape index (κ2) is 6.37. The van der Waals surface area contributed by atoms with Crippen LogP contribution in [0.5, 0.6) is 0 Å². The number of carbonyl (C=O) groups is 2. The molecule has 1 aliphatic carbocycles. The molecule has 0 bridgehead atoms. The number of morpholine rings is 1. The van der Waals surface area contributed by atoms with Gasteiger partial charge < -0.3 is 19.4 Å². The molecule has 24 heavy (non-hydrogen) atoms. The standard InChI is InChI=1S/C18H20N2O4/c21-15(11-20-7-9-23-10-8-20)19-16-13-3-1-2-4-14(13)24-18(16)17(22)12-5-6-12/h1-4,12H,5-11H2,(H,19,21)/p+1. The molecule has 0 radical (unpaired) electrons. The Morgan fingerprint density at radius 2 is 1.92 bits per heavy atom. The van der Waals surface area contributed by atoms with Gasteiger partial charge in [-0.3, -0.25) is 9.59 Å². The van der Waals surface area contributed by atoms with Gasteiger partial charge in [0.15, 0.2) is 12.3 Å². The molecule has 0 spiro atoms. The fraction of sp³-hybridized carbons (Fsp3) is 0.444. The lowest BCUT2D eigenvalue weighted by Crippen LogP contribution is -3.15. The normalized spacial score (nSPS) is 18.7. The van der Waals surface area contributed by atoms with E-state index in [0.717, 1.165) is 31.3 Å². The molecule has 1 aliphatic heterocycles. The number of anilines is 1. The number of para-hydroxylation sites is 1. The fourth-order valence-electron chi connectivity index (χ4n) is 3.12. The number of ketones is 1. The van der Waals surface area contributed by atoms with Gasteiger partial charge in [0.25, 0.3) is 5.91 Å². The third-order valence-corrected chi connectivity index (χ3v) is 4.64. The molecule has 1 amide bonds. The van der Waals surface area contributed by atoms with Crippen LogP contribution in [0.15, 0.2) is 28.7 Å². The Morgan fingerprint density at radius 1 is 1.17 bits per heavy atom. The van der Waals surface area contributed by atoms with Crippen LogP contribution >= 0.6 is 0 Å². The molecule has 1 aromatic heterocycles. The van der Waals surface area contributed by atoms with Gasteiger partial charge in [0, 0.05) is 11.3 Å². The zero-order valence-corrected chi connectivity index (χ0v) is 13.5. The van der Waals surface area contributed by atoms with Gasteiger partial charge in [0.1, 0.15) is 18.7 Å². The van der Waals surface area contributed by atoms with Gasteiger partial charge in [-0.2, -0.15) is 0 Å². The Hall–Kier alpha value is -2.18. The third kappa shape index (κ3) is 3.07. The summed E-state index contributed by atoms with van der Waals surface area (Å²) >= 11 is 0. The van der Waals surface area contributed by atoms with Crippen molar-refractivity contribution in [1.82, 2.24) is 0 Å². The lowest BCUT2D eigenvalue weighted by atomic mass is 10.1. The van der Waals surface area contributed by atoms with E-state index in [1.54, 1.807) is 0 Å². The minimum absolute atomic E-state index is 0.000203. The SMILES string of the molecule is O=C(C[NH+]1CCOCC1)Nc1c(C(=O)C2CC2)oc2ccccc12. The number of benzene rings is 1. The molecular formula is C18H21N2O4+. The summed E-state index contributed by atoms with van der Waals surface area (Å²) in [6, 6.07) is 7.44. The number of furan rings is 1. The van der Waals surface area contributed by atoms with Crippen molar-refractivity contribution >= 4 is 28.3 Å². The monoisotopic (exact) mass is 329 g/mol. The van der Waals surface area contributed by atoms with Crippen LogP contribution in [0, 0.1) is 5.92 Å². The maximum Gasteiger partial charge on any atom is 0.279 e. The lowest BCUT2D eigenvalue weighted by Gasteiger charge is -2.23. The van der Waals surface area contributed by atoms with E-state index in [0.29, 0.717) is 36.8 Å².